The molecule has 1 aromatic rings. The molecule has 25 heavy (non-hydrogen) atoms. The van der Waals surface area contributed by atoms with Crippen molar-refractivity contribution in [3.05, 3.63) is 22.4 Å². The summed E-state index contributed by atoms with van der Waals surface area (Å²) in [6.07, 6.45) is 7.88. The summed E-state index contributed by atoms with van der Waals surface area (Å²) in [6.45, 7) is 3.49. The average molecular weight is 364 g/mol. The number of hydrogen-bond acceptors (Lipinski definition) is 4. The lowest BCUT2D eigenvalue weighted by molar-refractivity contribution is -0.139. The van der Waals surface area contributed by atoms with Gasteiger partial charge < -0.3 is 15.5 Å². The zero-order chi connectivity index (χ0) is 17.5. The van der Waals surface area contributed by atoms with Crippen LogP contribution in [0.4, 0.5) is 0 Å². The van der Waals surface area contributed by atoms with E-state index in [0.717, 1.165) is 45.3 Å². The van der Waals surface area contributed by atoms with Crippen LogP contribution in [0.2, 0.25) is 0 Å². The maximum Gasteiger partial charge on any atom is 0.309 e. The second kappa shape index (κ2) is 9.34. The molecule has 0 radical (unpaired) electrons. The number of carbonyl (C=O) groups excluding carboxylic acids is 2. The van der Waals surface area contributed by atoms with Crippen LogP contribution < -0.4 is 10.6 Å². The summed E-state index contributed by atoms with van der Waals surface area (Å²) in [5.41, 5.74) is 0. The van der Waals surface area contributed by atoms with Gasteiger partial charge in [0.25, 0.3) is 0 Å². The predicted molar refractivity (Wildman–Crippen MR) is 101 cm³/mol. The zero-order valence-electron chi connectivity index (χ0n) is 14.8. The Balaban J connectivity index is 1.30. The van der Waals surface area contributed by atoms with Crippen LogP contribution >= 0.6 is 11.3 Å². The van der Waals surface area contributed by atoms with Crippen molar-refractivity contribution < 1.29 is 9.59 Å². The molecule has 0 unspecified atom stereocenters. The first-order chi connectivity index (χ1) is 12.2. The molecule has 138 valence electrons. The van der Waals surface area contributed by atoms with Crippen molar-refractivity contribution in [3.8, 4) is 0 Å². The summed E-state index contributed by atoms with van der Waals surface area (Å²) in [4.78, 5) is 27.7. The van der Waals surface area contributed by atoms with Gasteiger partial charge in [0.05, 0.1) is 0 Å². The Hall–Kier alpha value is -1.40. The molecule has 1 saturated heterocycles. The molecule has 0 atom stereocenters. The summed E-state index contributed by atoms with van der Waals surface area (Å²) in [5.74, 6) is -0.269. The first-order valence-corrected chi connectivity index (χ1v) is 10.4. The van der Waals surface area contributed by atoms with Gasteiger partial charge in [-0.3, -0.25) is 9.59 Å². The van der Waals surface area contributed by atoms with Gasteiger partial charge >= 0.3 is 11.8 Å². The van der Waals surface area contributed by atoms with E-state index in [1.54, 1.807) is 0 Å². The maximum absolute atomic E-state index is 11.9. The van der Waals surface area contributed by atoms with Gasteiger partial charge in [-0.1, -0.05) is 25.3 Å². The molecule has 0 spiro atoms. The first kappa shape index (κ1) is 18.4. The molecule has 5 nitrogen and oxygen atoms in total. The van der Waals surface area contributed by atoms with Gasteiger partial charge in [0.1, 0.15) is 0 Å². The smallest absolute Gasteiger partial charge is 0.309 e. The third-order valence-corrected chi connectivity index (χ3v) is 6.43. The Morgan fingerprint density at radius 2 is 1.84 bits per heavy atom. The lowest BCUT2D eigenvalue weighted by atomic mass is 9.95. The van der Waals surface area contributed by atoms with Crippen LogP contribution in [0.3, 0.4) is 0 Å². The molecule has 0 bridgehead atoms. The number of hydrogen-bond donors (Lipinski definition) is 2. The SMILES string of the molecule is O=C(NCCN1CCC(c2cccs2)CC1)C(=O)NC1CCCCC1. The molecule has 6 heteroatoms. The number of rotatable bonds is 5. The summed E-state index contributed by atoms with van der Waals surface area (Å²) in [7, 11) is 0. The van der Waals surface area contributed by atoms with Gasteiger partial charge in [-0.25, -0.2) is 0 Å². The normalized spacial score (nSPS) is 20.3. The fourth-order valence-corrected chi connectivity index (χ4v) is 4.77. The van der Waals surface area contributed by atoms with Gasteiger partial charge in [0, 0.05) is 24.0 Å². The molecule has 1 aliphatic carbocycles. The van der Waals surface area contributed by atoms with Gasteiger partial charge in [-0.15, -0.1) is 11.3 Å². The van der Waals surface area contributed by atoms with E-state index in [4.69, 9.17) is 0 Å². The molecular weight excluding hydrogens is 334 g/mol. The van der Waals surface area contributed by atoms with Crippen molar-refractivity contribution >= 4 is 23.2 Å². The molecule has 1 aliphatic heterocycles. The van der Waals surface area contributed by atoms with E-state index in [-0.39, 0.29) is 6.04 Å². The Morgan fingerprint density at radius 1 is 1.08 bits per heavy atom. The largest absolute Gasteiger partial charge is 0.347 e. The topological polar surface area (TPSA) is 61.4 Å². The second-order valence-corrected chi connectivity index (χ2v) is 8.17. The molecule has 1 aromatic heterocycles. The van der Waals surface area contributed by atoms with Crippen molar-refractivity contribution in [1.29, 1.82) is 0 Å². The molecular formula is C19H29N3O2S. The quantitative estimate of drug-likeness (QED) is 0.790. The molecule has 0 aromatic carbocycles. The van der Waals surface area contributed by atoms with Crippen molar-refractivity contribution in [2.75, 3.05) is 26.2 Å². The van der Waals surface area contributed by atoms with Crippen LogP contribution in [0.25, 0.3) is 0 Å². The highest BCUT2D eigenvalue weighted by molar-refractivity contribution is 7.10. The highest BCUT2D eigenvalue weighted by Crippen LogP contribution is 2.30. The number of carbonyl (C=O) groups is 2. The van der Waals surface area contributed by atoms with E-state index < -0.39 is 11.8 Å². The van der Waals surface area contributed by atoms with E-state index in [1.165, 1.54) is 24.1 Å². The summed E-state index contributed by atoms with van der Waals surface area (Å²) in [6, 6.07) is 4.54. The number of amides is 2. The summed E-state index contributed by atoms with van der Waals surface area (Å²) < 4.78 is 0. The minimum Gasteiger partial charge on any atom is -0.347 e. The van der Waals surface area contributed by atoms with Crippen molar-refractivity contribution in [3.63, 3.8) is 0 Å². The van der Waals surface area contributed by atoms with Crippen LogP contribution in [0.1, 0.15) is 55.7 Å². The average Bonchev–Trinajstić information content (AvgIpc) is 3.18. The first-order valence-electron chi connectivity index (χ1n) is 9.57. The fourth-order valence-electron chi connectivity index (χ4n) is 3.87. The number of thiophene rings is 1. The Labute approximate surface area is 154 Å². The van der Waals surface area contributed by atoms with Crippen molar-refractivity contribution in [2.45, 2.75) is 56.9 Å². The number of nitrogens with zero attached hydrogens (tertiary/aromatic N) is 1. The zero-order valence-corrected chi connectivity index (χ0v) is 15.7. The lowest BCUT2D eigenvalue weighted by Crippen LogP contribution is -2.47. The van der Waals surface area contributed by atoms with Crippen LogP contribution in [0.5, 0.6) is 0 Å². The lowest BCUT2D eigenvalue weighted by Gasteiger charge is -2.31. The van der Waals surface area contributed by atoms with E-state index in [1.807, 2.05) is 11.3 Å². The third kappa shape index (κ3) is 5.54. The second-order valence-electron chi connectivity index (χ2n) is 7.20. The molecule has 2 aliphatic rings. The minimum atomic E-state index is -0.487. The Kier molecular flexibility index (Phi) is 6.87. The highest BCUT2D eigenvalue weighted by atomic mass is 32.1. The molecule has 3 rings (SSSR count). The van der Waals surface area contributed by atoms with E-state index in [2.05, 4.69) is 33.0 Å². The Bertz CT molecular complexity index is 547. The predicted octanol–water partition coefficient (Wildman–Crippen LogP) is 2.49. The number of likely N-dealkylation sites (tertiary alicyclic amines) is 1. The van der Waals surface area contributed by atoms with Crippen molar-refractivity contribution in [2.24, 2.45) is 0 Å². The monoisotopic (exact) mass is 363 g/mol. The van der Waals surface area contributed by atoms with Gasteiger partial charge in [-0.05, 0) is 56.1 Å². The van der Waals surface area contributed by atoms with Crippen LogP contribution in [-0.2, 0) is 9.59 Å². The number of piperidine rings is 1. The van der Waals surface area contributed by atoms with Crippen LogP contribution in [-0.4, -0.2) is 48.9 Å². The van der Waals surface area contributed by atoms with E-state index >= 15 is 0 Å². The maximum atomic E-state index is 11.9. The molecule has 2 N–H and O–H groups in total. The van der Waals surface area contributed by atoms with E-state index in [9.17, 15) is 9.59 Å². The standard InChI is InChI=1S/C19H29N3O2S/c23-18(19(24)21-16-5-2-1-3-6-16)20-10-13-22-11-8-15(9-12-22)17-7-4-14-25-17/h4,7,14-16H,1-3,5-6,8-13H2,(H,20,23)(H,21,24). The van der Waals surface area contributed by atoms with Crippen molar-refractivity contribution in [1.82, 2.24) is 15.5 Å². The molecule has 2 heterocycles. The van der Waals surface area contributed by atoms with Crippen LogP contribution in [0.15, 0.2) is 17.5 Å². The summed E-state index contributed by atoms with van der Waals surface area (Å²) >= 11 is 1.85. The van der Waals surface area contributed by atoms with Gasteiger partial charge in [0.15, 0.2) is 0 Å². The molecule has 2 fully saturated rings. The Morgan fingerprint density at radius 3 is 2.52 bits per heavy atom. The fraction of sp³-hybridized carbons (Fsp3) is 0.684. The van der Waals surface area contributed by atoms with Gasteiger partial charge in [0.2, 0.25) is 0 Å². The minimum absolute atomic E-state index is 0.184. The van der Waals surface area contributed by atoms with Gasteiger partial charge in [-0.2, -0.15) is 0 Å². The summed E-state index contributed by atoms with van der Waals surface area (Å²) in [5, 5.41) is 7.78. The molecule has 1 saturated carbocycles. The third-order valence-electron chi connectivity index (χ3n) is 5.39. The highest BCUT2D eigenvalue weighted by Gasteiger charge is 2.22. The molecule has 2 amide bonds. The van der Waals surface area contributed by atoms with E-state index in [0.29, 0.717) is 12.5 Å². The number of nitrogens with one attached hydrogen (secondary N) is 2. The van der Waals surface area contributed by atoms with Crippen LogP contribution in [0, 0.1) is 0 Å².